The fourth-order valence-electron chi connectivity index (χ4n) is 2.71. The summed E-state index contributed by atoms with van der Waals surface area (Å²) in [5.41, 5.74) is -0.930. The van der Waals surface area contributed by atoms with E-state index in [4.69, 9.17) is 0 Å². The lowest BCUT2D eigenvalue weighted by Gasteiger charge is -2.45. The SMILES string of the molecule is O=C1NC(=O)C2(CCC2)C(=O)N1CC1CSCCS1. The molecule has 4 amide bonds. The van der Waals surface area contributed by atoms with Gasteiger partial charge in [-0.3, -0.25) is 19.8 Å². The van der Waals surface area contributed by atoms with Crippen molar-refractivity contribution in [3.63, 3.8) is 0 Å². The van der Waals surface area contributed by atoms with E-state index < -0.39 is 17.4 Å². The first kappa shape index (κ1) is 13.3. The molecule has 1 N–H and O–H groups in total. The summed E-state index contributed by atoms with van der Waals surface area (Å²) < 4.78 is 0. The maximum absolute atomic E-state index is 12.5. The predicted octanol–water partition coefficient (Wildman–Crippen LogP) is 1.08. The fraction of sp³-hybridized carbons (Fsp3) is 0.750. The summed E-state index contributed by atoms with van der Waals surface area (Å²) in [7, 11) is 0. The van der Waals surface area contributed by atoms with Crippen molar-refractivity contribution in [1.29, 1.82) is 0 Å². The largest absolute Gasteiger partial charge is 0.330 e. The van der Waals surface area contributed by atoms with Gasteiger partial charge in [0.2, 0.25) is 11.8 Å². The van der Waals surface area contributed by atoms with Crippen LogP contribution in [0.5, 0.6) is 0 Å². The highest BCUT2D eigenvalue weighted by Crippen LogP contribution is 2.44. The number of nitrogens with one attached hydrogen (secondary N) is 1. The standard InChI is InChI=1S/C12H16N2O3S2/c15-9-12(2-1-3-12)10(16)14(11(17)13-9)6-8-7-18-4-5-19-8/h8H,1-7H2,(H,13,15,17). The van der Waals surface area contributed by atoms with Crippen LogP contribution in [0.4, 0.5) is 4.79 Å². The number of carbonyl (C=O) groups excluding carboxylic acids is 3. The molecule has 5 nitrogen and oxygen atoms in total. The summed E-state index contributed by atoms with van der Waals surface area (Å²) in [6, 6.07) is -0.538. The molecule has 3 aliphatic rings. The van der Waals surface area contributed by atoms with Crippen molar-refractivity contribution < 1.29 is 14.4 Å². The van der Waals surface area contributed by atoms with E-state index >= 15 is 0 Å². The Kier molecular flexibility index (Phi) is 3.51. The molecule has 1 atom stereocenters. The number of thioether (sulfide) groups is 2. The molecule has 3 rings (SSSR count). The molecule has 0 bridgehead atoms. The number of nitrogens with zero attached hydrogens (tertiary/aromatic N) is 1. The van der Waals surface area contributed by atoms with E-state index in [1.807, 2.05) is 23.5 Å². The third-order valence-electron chi connectivity index (χ3n) is 4.03. The number of carbonyl (C=O) groups is 3. The van der Waals surface area contributed by atoms with Gasteiger partial charge in [0.05, 0.1) is 0 Å². The number of hydrogen-bond acceptors (Lipinski definition) is 5. The highest BCUT2D eigenvalue weighted by molar-refractivity contribution is 8.06. The second kappa shape index (κ2) is 5.01. The minimum absolute atomic E-state index is 0.274. The first-order valence-electron chi connectivity index (χ1n) is 6.50. The van der Waals surface area contributed by atoms with Crippen LogP contribution in [0.2, 0.25) is 0 Å². The van der Waals surface area contributed by atoms with Crippen molar-refractivity contribution in [2.24, 2.45) is 5.41 Å². The molecule has 2 aliphatic heterocycles. The van der Waals surface area contributed by atoms with Gasteiger partial charge >= 0.3 is 6.03 Å². The summed E-state index contributed by atoms with van der Waals surface area (Å²) in [5.74, 6) is 2.48. The minimum atomic E-state index is -0.930. The highest BCUT2D eigenvalue weighted by atomic mass is 32.2. The zero-order valence-corrected chi connectivity index (χ0v) is 12.1. The number of urea groups is 1. The van der Waals surface area contributed by atoms with Crippen LogP contribution >= 0.6 is 23.5 Å². The molecule has 0 aromatic rings. The van der Waals surface area contributed by atoms with E-state index in [1.165, 1.54) is 4.90 Å². The third-order valence-corrected chi connectivity index (χ3v) is 6.86. The van der Waals surface area contributed by atoms with Crippen LogP contribution in [0.15, 0.2) is 0 Å². The Morgan fingerprint density at radius 3 is 2.63 bits per heavy atom. The van der Waals surface area contributed by atoms with Gasteiger partial charge in [0.25, 0.3) is 0 Å². The highest BCUT2D eigenvalue weighted by Gasteiger charge is 2.57. The van der Waals surface area contributed by atoms with Crippen molar-refractivity contribution in [3.05, 3.63) is 0 Å². The van der Waals surface area contributed by atoms with E-state index in [0.717, 1.165) is 23.7 Å². The van der Waals surface area contributed by atoms with Crippen LogP contribution in [-0.2, 0) is 9.59 Å². The van der Waals surface area contributed by atoms with Crippen molar-refractivity contribution in [1.82, 2.24) is 10.2 Å². The zero-order valence-electron chi connectivity index (χ0n) is 10.5. The second-order valence-electron chi connectivity index (χ2n) is 5.18. The molecule has 1 unspecified atom stereocenters. The molecule has 19 heavy (non-hydrogen) atoms. The molecule has 3 fully saturated rings. The normalized spacial score (nSPS) is 30.2. The molecule has 0 aromatic carbocycles. The van der Waals surface area contributed by atoms with Crippen molar-refractivity contribution in [2.45, 2.75) is 24.5 Å². The quantitative estimate of drug-likeness (QED) is 0.773. The number of barbiturate groups is 1. The molecule has 104 valence electrons. The Labute approximate surface area is 120 Å². The van der Waals surface area contributed by atoms with Gasteiger partial charge in [-0.05, 0) is 12.8 Å². The summed E-state index contributed by atoms with van der Waals surface area (Å²) in [6.07, 6.45) is 2.04. The maximum Gasteiger partial charge on any atom is 0.330 e. The van der Waals surface area contributed by atoms with E-state index in [-0.39, 0.29) is 5.91 Å². The van der Waals surface area contributed by atoms with Gasteiger partial charge in [-0.1, -0.05) is 6.42 Å². The molecule has 0 radical (unpaired) electrons. The Bertz CT molecular complexity index is 431. The smallest absolute Gasteiger partial charge is 0.277 e. The van der Waals surface area contributed by atoms with E-state index in [9.17, 15) is 14.4 Å². The van der Waals surface area contributed by atoms with Gasteiger partial charge in [-0.15, -0.1) is 0 Å². The van der Waals surface area contributed by atoms with E-state index in [1.54, 1.807) is 0 Å². The third kappa shape index (κ3) is 2.16. The van der Waals surface area contributed by atoms with E-state index in [2.05, 4.69) is 5.32 Å². The Morgan fingerprint density at radius 2 is 2.05 bits per heavy atom. The van der Waals surface area contributed by atoms with Crippen LogP contribution in [0, 0.1) is 5.41 Å². The summed E-state index contributed by atoms with van der Waals surface area (Å²) in [4.78, 5) is 37.5. The average molecular weight is 300 g/mol. The molecular formula is C12H16N2O3S2. The zero-order chi connectivity index (χ0) is 13.5. The number of hydrogen-bond donors (Lipinski definition) is 1. The monoisotopic (exact) mass is 300 g/mol. The molecule has 1 saturated carbocycles. The van der Waals surface area contributed by atoms with Crippen molar-refractivity contribution >= 4 is 41.4 Å². The van der Waals surface area contributed by atoms with Gasteiger partial charge in [-0.25, -0.2) is 4.79 Å². The minimum Gasteiger partial charge on any atom is -0.277 e. The predicted molar refractivity (Wildman–Crippen MR) is 75.1 cm³/mol. The molecule has 0 aromatic heterocycles. The lowest BCUT2D eigenvalue weighted by Crippen LogP contribution is -2.66. The second-order valence-corrected chi connectivity index (χ2v) is 7.74. The molecule has 2 heterocycles. The van der Waals surface area contributed by atoms with Crippen LogP contribution in [-0.4, -0.2) is 51.8 Å². The maximum atomic E-state index is 12.5. The van der Waals surface area contributed by atoms with Crippen LogP contribution in [0.1, 0.15) is 19.3 Å². The fourth-order valence-corrected chi connectivity index (χ4v) is 5.37. The number of rotatable bonds is 2. The van der Waals surface area contributed by atoms with Gasteiger partial charge in [0.15, 0.2) is 0 Å². The van der Waals surface area contributed by atoms with Gasteiger partial charge in [-0.2, -0.15) is 23.5 Å². The molecule has 1 spiro atoms. The van der Waals surface area contributed by atoms with Crippen LogP contribution in [0.3, 0.4) is 0 Å². The Morgan fingerprint density at radius 1 is 1.26 bits per heavy atom. The summed E-state index contributed by atoms with van der Waals surface area (Å²) in [6.45, 7) is 0.428. The van der Waals surface area contributed by atoms with Gasteiger partial charge in [0, 0.05) is 29.1 Å². The molecule has 2 saturated heterocycles. The van der Waals surface area contributed by atoms with Crippen LogP contribution < -0.4 is 5.32 Å². The molecule has 1 aliphatic carbocycles. The van der Waals surface area contributed by atoms with Crippen molar-refractivity contribution in [2.75, 3.05) is 23.8 Å². The van der Waals surface area contributed by atoms with Gasteiger partial charge in [0.1, 0.15) is 5.41 Å². The lowest BCUT2D eigenvalue weighted by atomic mass is 9.66. The first-order valence-corrected chi connectivity index (χ1v) is 8.70. The number of amides is 4. The summed E-state index contributed by atoms with van der Waals surface area (Å²) >= 11 is 3.66. The van der Waals surface area contributed by atoms with Crippen molar-refractivity contribution in [3.8, 4) is 0 Å². The summed E-state index contributed by atoms with van der Waals surface area (Å²) in [5, 5.41) is 2.64. The topological polar surface area (TPSA) is 66.5 Å². The Hall–Kier alpha value is -0.690. The Balaban J connectivity index is 1.74. The first-order chi connectivity index (χ1) is 9.13. The lowest BCUT2D eigenvalue weighted by molar-refractivity contribution is -0.157. The molecule has 7 heteroatoms. The molecular weight excluding hydrogens is 284 g/mol. The van der Waals surface area contributed by atoms with E-state index in [0.29, 0.717) is 24.6 Å². The van der Waals surface area contributed by atoms with Gasteiger partial charge < -0.3 is 0 Å². The van der Waals surface area contributed by atoms with Crippen LogP contribution in [0.25, 0.3) is 0 Å². The number of imide groups is 2. The average Bonchev–Trinajstić information content (AvgIpc) is 2.34.